The fraction of sp³-hybridized carbons (Fsp3) is 0.650. The molecule has 5 rings (SSSR count). The van der Waals surface area contributed by atoms with E-state index in [1.807, 2.05) is 19.1 Å². The maximum Gasteiger partial charge on any atom is 0.338 e. The molecule has 0 atom stereocenters. The van der Waals surface area contributed by atoms with Crippen molar-refractivity contribution >= 4 is 11.7 Å². The minimum Gasteiger partial charge on any atom is -0.462 e. The number of hydrogen-bond acceptors (Lipinski definition) is 3. The number of rotatable bonds is 4. The molecule has 0 heterocycles. The van der Waals surface area contributed by atoms with Crippen LogP contribution in [0.2, 0.25) is 0 Å². The third-order valence-electron chi connectivity index (χ3n) is 6.53. The molecule has 2 N–H and O–H groups in total. The van der Waals surface area contributed by atoms with Gasteiger partial charge < -0.3 is 10.5 Å². The molecule has 4 saturated carbocycles. The summed E-state index contributed by atoms with van der Waals surface area (Å²) in [6, 6.07) is 5.72. The Kier molecular flexibility index (Phi) is 3.82. The number of carbonyl (C=O) groups is 1. The summed E-state index contributed by atoms with van der Waals surface area (Å²) in [4.78, 5) is 11.8. The van der Waals surface area contributed by atoms with Crippen molar-refractivity contribution in [1.29, 1.82) is 0 Å². The zero-order valence-corrected chi connectivity index (χ0v) is 14.0. The summed E-state index contributed by atoms with van der Waals surface area (Å²) in [7, 11) is 0. The SMILES string of the molecule is CCOC(=O)c1ccc(CC2C3CC4CC(C3)CC2C4)c(N)c1. The summed E-state index contributed by atoms with van der Waals surface area (Å²) in [6.07, 6.45) is 8.35. The minimum atomic E-state index is -0.277. The van der Waals surface area contributed by atoms with E-state index >= 15 is 0 Å². The first kappa shape index (κ1) is 15.0. The first-order chi connectivity index (χ1) is 11.1. The number of hydrogen-bond donors (Lipinski definition) is 1. The Bertz CT molecular complexity index is 582. The minimum absolute atomic E-state index is 0.277. The van der Waals surface area contributed by atoms with E-state index in [2.05, 4.69) is 0 Å². The highest BCUT2D eigenvalue weighted by atomic mass is 16.5. The van der Waals surface area contributed by atoms with Gasteiger partial charge in [-0.3, -0.25) is 0 Å². The third kappa shape index (κ3) is 2.75. The number of anilines is 1. The Hall–Kier alpha value is -1.51. The fourth-order valence-corrected chi connectivity index (χ4v) is 5.75. The predicted octanol–water partition coefficient (Wildman–Crippen LogP) is 4.06. The van der Waals surface area contributed by atoms with E-state index in [-0.39, 0.29) is 5.97 Å². The van der Waals surface area contributed by atoms with E-state index < -0.39 is 0 Å². The first-order valence-electron chi connectivity index (χ1n) is 9.19. The summed E-state index contributed by atoms with van der Waals surface area (Å²) in [5.41, 5.74) is 8.79. The van der Waals surface area contributed by atoms with Gasteiger partial charge in [-0.25, -0.2) is 4.79 Å². The van der Waals surface area contributed by atoms with Gasteiger partial charge in [0.15, 0.2) is 0 Å². The topological polar surface area (TPSA) is 52.3 Å². The molecule has 0 amide bonds. The molecule has 124 valence electrons. The van der Waals surface area contributed by atoms with Gasteiger partial charge in [-0.15, -0.1) is 0 Å². The number of esters is 1. The number of nitrogen functional groups attached to an aromatic ring is 1. The molecular formula is C20H27NO2. The van der Waals surface area contributed by atoms with Crippen LogP contribution in [0.25, 0.3) is 0 Å². The van der Waals surface area contributed by atoms with Crippen molar-refractivity contribution in [3.8, 4) is 0 Å². The van der Waals surface area contributed by atoms with Crippen molar-refractivity contribution in [2.75, 3.05) is 12.3 Å². The average molecular weight is 313 g/mol. The van der Waals surface area contributed by atoms with Gasteiger partial charge in [0.2, 0.25) is 0 Å². The number of ether oxygens (including phenoxy) is 1. The molecule has 0 unspecified atom stereocenters. The van der Waals surface area contributed by atoms with Crippen LogP contribution in [0.15, 0.2) is 18.2 Å². The summed E-state index contributed by atoms with van der Waals surface area (Å²) >= 11 is 0. The smallest absolute Gasteiger partial charge is 0.338 e. The molecule has 23 heavy (non-hydrogen) atoms. The lowest BCUT2D eigenvalue weighted by Crippen LogP contribution is -2.45. The Morgan fingerprint density at radius 1 is 1.13 bits per heavy atom. The van der Waals surface area contributed by atoms with Crippen LogP contribution in [0.4, 0.5) is 5.69 Å². The summed E-state index contributed by atoms with van der Waals surface area (Å²) in [6.45, 7) is 2.22. The van der Waals surface area contributed by atoms with E-state index in [0.29, 0.717) is 12.2 Å². The normalized spacial score (nSPS) is 34.6. The average Bonchev–Trinajstić information content (AvgIpc) is 2.51. The largest absolute Gasteiger partial charge is 0.462 e. The highest BCUT2D eigenvalue weighted by Crippen LogP contribution is 2.57. The summed E-state index contributed by atoms with van der Waals surface area (Å²) in [5.74, 6) is 4.37. The second-order valence-corrected chi connectivity index (χ2v) is 7.93. The van der Waals surface area contributed by atoms with Crippen LogP contribution >= 0.6 is 0 Å². The van der Waals surface area contributed by atoms with Crippen LogP contribution in [0, 0.1) is 29.6 Å². The van der Waals surface area contributed by atoms with Crippen LogP contribution in [0.5, 0.6) is 0 Å². The van der Waals surface area contributed by atoms with E-state index in [9.17, 15) is 4.79 Å². The van der Waals surface area contributed by atoms with E-state index in [0.717, 1.165) is 41.7 Å². The highest BCUT2D eigenvalue weighted by molar-refractivity contribution is 5.90. The predicted molar refractivity (Wildman–Crippen MR) is 91.0 cm³/mol. The molecule has 0 spiro atoms. The second kappa shape index (κ2) is 5.85. The van der Waals surface area contributed by atoms with Crippen LogP contribution < -0.4 is 5.73 Å². The zero-order valence-electron chi connectivity index (χ0n) is 14.0. The van der Waals surface area contributed by atoms with Gasteiger partial charge >= 0.3 is 5.97 Å². The molecule has 3 heteroatoms. The zero-order chi connectivity index (χ0) is 16.0. The molecule has 4 bridgehead atoms. The Labute approximate surface area is 138 Å². The molecule has 1 aromatic rings. The number of nitrogens with two attached hydrogens (primary N) is 1. The fourth-order valence-electron chi connectivity index (χ4n) is 5.75. The Morgan fingerprint density at radius 3 is 2.35 bits per heavy atom. The lowest BCUT2D eigenvalue weighted by Gasteiger charge is -2.54. The summed E-state index contributed by atoms with van der Waals surface area (Å²) < 4.78 is 5.06. The number of carbonyl (C=O) groups excluding carboxylic acids is 1. The quantitative estimate of drug-likeness (QED) is 0.673. The van der Waals surface area contributed by atoms with Gasteiger partial charge in [0.25, 0.3) is 0 Å². The van der Waals surface area contributed by atoms with Crippen LogP contribution in [0.1, 0.15) is 54.9 Å². The monoisotopic (exact) mass is 313 g/mol. The second-order valence-electron chi connectivity index (χ2n) is 7.93. The van der Waals surface area contributed by atoms with Crippen LogP contribution in [-0.4, -0.2) is 12.6 Å². The molecule has 4 aliphatic rings. The van der Waals surface area contributed by atoms with Crippen molar-refractivity contribution in [3.63, 3.8) is 0 Å². The maximum atomic E-state index is 11.8. The van der Waals surface area contributed by atoms with Crippen LogP contribution in [-0.2, 0) is 11.2 Å². The van der Waals surface area contributed by atoms with Gasteiger partial charge in [-0.1, -0.05) is 6.07 Å². The maximum absolute atomic E-state index is 11.8. The van der Waals surface area contributed by atoms with Crippen molar-refractivity contribution in [3.05, 3.63) is 29.3 Å². The molecule has 4 aliphatic carbocycles. The molecule has 4 fully saturated rings. The van der Waals surface area contributed by atoms with Crippen molar-refractivity contribution < 1.29 is 9.53 Å². The third-order valence-corrected chi connectivity index (χ3v) is 6.53. The van der Waals surface area contributed by atoms with Crippen molar-refractivity contribution in [1.82, 2.24) is 0 Å². The first-order valence-corrected chi connectivity index (χ1v) is 9.19. The molecule has 0 saturated heterocycles. The van der Waals surface area contributed by atoms with Crippen molar-refractivity contribution in [2.24, 2.45) is 29.6 Å². The summed E-state index contributed by atoms with van der Waals surface area (Å²) in [5, 5.41) is 0. The van der Waals surface area contributed by atoms with E-state index in [1.54, 1.807) is 6.07 Å². The number of benzene rings is 1. The van der Waals surface area contributed by atoms with E-state index in [1.165, 1.54) is 37.7 Å². The van der Waals surface area contributed by atoms with Crippen LogP contribution in [0.3, 0.4) is 0 Å². The molecule has 1 aromatic carbocycles. The van der Waals surface area contributed by atoms with Gasteiger partial charge in [-0.05, 0) is 92.7 Å². The molecule has 0 aliphatic heterocycles. The molecule has 0 aromatic heterocycles. The molecular weight excluding hydrogens is 286 g/mol. The lowest BCUT2D eigenvalue weighted by atomic mass is 9.51. The van der Waals surface area contributed by atoms with Gasteiger partial charge in [0, 0.05) is 5.69 Å². The van der Waals surface area contributed by atoms with Gasteiger partial charge in [0.1, 0.15) is 0 Å². The molecule has 3 nitrogen and oxygen atoms in total. The highest BCUT2D eigenvalue weighted by Gasteiger charge is 2.47. The van der Waals surface area contributed by atoms with Crippen molar-refractivity contribution in [2.45, 2.75) is 45.4 Å². The molecule has 0 radical (unpaired) electrons. The van der Waals surface area contributed by atoms with Gasteiger partial charge in [0.05, 0.1) is 12.2 Å². The Morgan fingerprint density at radius 2 is 1.78 bits per heavy atom. The van der Waals surface area contributed by atoms with E-state index in [4.69, 9.17) is 10.5 Å². The lowest BCUT2D eigenvalue weighted by molar-refractivity contribution is -0.0359. The van der Waals surface area contributed by atoms with Gasteiger partial charge in [-0.2, -0.15) is 0 Å². The Balaban J connectivity index is 1.50. The standard InChI is InChI=1S/C20H27NO2/c1-2-23-20(22)15-4-3-14(19(21)11-15)10-18-16-6-12-5-13(8-16)9-17(18)7-12/h3-4,11-13,16-18H,2,5-10,21H2,1H3.